The number of rotatable bonds is 8. The molecule has 0 bridgehead atoms. The van der Waals surface area contributed by atoms with Crippen molar-refractivity contribution in [3.05, 3.63) is 29.8 Å². The first-order valence-corrected chi connectivity index (χ1v) is 7.47. The SMILES string of the molecule is CCC(=O)c1ccc(OCCN(C(C)C)C(C)C)cc1. The Morgan fingerprint density at radius 1 is 1.10 bits per heavy atom. The van der Waals surface area contributed by atoms with Gasteiger partial charge in [0.25, 0.3) is 0 Å². The molecule has 3 nitrogen and oxygen atoms in total. The van der Waals surface area contributed by atoms with Gasteiger partial charge in [-0.15, -0.1) is 0 Å². The molecule has 3 heteroatoms. The Morgan fingerprint density at radius 2 is 1.65 bits per heavy atom. The topological polar surface area (TPSA) is 29.5 Å². The zero-order valence-electron chi connectivity index (χ0n) is 13.3. The van der Waals surface area contributed by atoms with Crippen molar-refractivity contribution in [1.29, 1.82) is 0 Å². The van der Waals surface area contributed by atoms with Crippen LogP contribution in [0.4, 0.5) is 0 Å². The minimum Gasteiger partial charge on any atom is -0.492 e. The number of ether oxygens (including phenoxy) is 1. The van der Waals surface area contributed by atoms with E-state index in [1.807, 2.05) is 31.2 Å². The molecule has 0 aromatic heterocycles. The minimum absolute atomic E-state index is 0.169. The predicted molar refractivity (Wildman–Crippen MR) is 83.5 cm³/mol. The molecular formula is C17H27NO2. The van der Waals surface area contributed by atoms with Crippen molar-refractivity contribution in [2.75, 3.05) is 13.2 Å². The lowest BCUT2D eigenvalue weighted by Crippen LogP contribution is -2.39. The second-order valence-electron chi connectivity index (χ2n) is 5.57. The van der Waals surface area contributed by atoms with E-state index in [0.717, 1.165) is 17.9 Å². The molecule has 112 valence electrons. The summed E-state index contributed by atoms with van der Waals surface area (Å²) in [7, 11) is 0. The Morgan fingerprint density at radius 3 is 2.10 bits per heavy atom. The van der Waals surface area contributed by atoms with Crippen molar-refractivity contribution < 1.29 is 9.53 Å². The molecular weight excluding hydrogens is 250 g/mol. The number of carbonyl (C=O) groups is 1. The number of hydrogen-bond donors (Lipinski definition) is 0. The van der Waals surface area contributed by atoms with Crippen molar-refractivity contribution in [2.45, 2.75) is 53.1 Å². The van der Waals surface area contributed by atoms with E-state index in [-0.39, 0.29) is 5.78 Å². The molecule has 20 heavy (non-hydrogen) atoms. The first-order valence-electron chi connectivity index (χ1n) is 7.47. The first-order chi connectivity index (χ1) is 9.45. The maximum atomic E-state index is 11.5. The first kappa shape index (κ1) is 16.7. The second-order valence-corrected chi connectivity index (χ2v) is 5.57. The molecule has 0 aliphatic carbocycles. The van der Waals surface area contributed by atoms with Crippen LogP contribution in [0.15, 0.2) is 24.3 Å². The van der Waals surface area contributed by atoms with Crippen molar-refractivity contribution in [2.24, 2.45) is 0 Å². The highest BCUT2D eigenvalue weighted by atomic mass is 16.5. The molecule has 0 heterocycles. The number of Topliss-reactive ketones (excluding diaryl/α,β-unsaturated/α-hetero) is 1. The monoisotopic (exact) mass is 277 g/mol. The number of nitrogens with zero attached hydrogens (tertiary/aromatic N) is 1. The number of carbonyl (C=O) groups excluding carboxylic acids is 1. The van der Waals surface area contributed by atoms with E-state index in [1.165, 1.54) is 0 Å². The van der Waals surface area contributed by atoms with Crippen LogP contribution in [0.25, 0.3) is 0 Å². The van der Waals surface area contributed by atoms with E-state index in [0.29, 0.717) is 25.1 Å². The molecule has 0 N–H and O–H groups in total. The Balaban J connectivity index is 2.48. The smallest absolute Gasteiger partial charge is 0.162 e. The molecule has 0 aliphatic heterocycles. The van der Waals surface area contributed by atoms with Gasteiger partial charge in [-0.2, -0.15) is 0 Å². The van der Waals surface area contributed by atoms with Gasteiger partial charge < -0.3 is 4.74 Å². The van der Waals surface area contributed by atoms with Crippen LogP contribution in [0.1, 0.15) is 51.4 Å². The van der Waals surface area contributed by atoms with Gasteiger partial charge in [0.1, 0.15) is 12.4 Å². The van der Waals surface area contributed by atoms with Crippen LogP contribution in [0.2, 0.25) is 0 Å². The van der Waals surface area contributed by atoms with Crippen LogP contribution in [-0.2, 0) is 0 Å². The maximum Gasteiger partial charge on any atom is 0.162 e. The summed E-state index contributed by atoms with van der Waals surface area (Å²) in [5.41, 5.74) is 0.755. The van der Waals surface area contributed by atoms with E-state index in [2.05, 4.69) is 32.6 Å². The highest BCUT2D eigenvalue weighted by Gasteiger charge is 2.12. The zero-order chi connectivity index (χ0) is 15.1. The highest BCUT2D eigenvalue weighted by molar-refractivity contribution is 5.95. The van der Waals surface area contributed by atoms with Gasteiger partial charge in [0.15, 0.2) is 5.78 Å². The fourth-order valence-electron chi connectivity index (χ4n) is 2.32. The quantitative estimate of drug-likeness (QED) is 0.677. The average molecular weight is 277 g/mol. The summed E-state index contributed by atoms with van der Waals surface area (Å²) in [6.07, 6.45) is 0.540. The van der Waals surface area contributed by atoms with E-state index in [4.69, 9.17) is 4.74 Å². The Labute approximate surface area is 122 Å². The van der Waals surface area contributed by atoms with Gasteiger partial charge in [-0.3, -0.25) is 9.69 Å². The van der Waals surface area contributed by atoms with E-state index in [1.54, 1.807) is 0 Å². The maximum absolute atomic E-state index is 11.5. The summed E-state index contributed by atoms with van der Waals surface area (Å²) in [6, 6.07) is 8.45. The minimum atomic E-state index is 0.169. The number of ketones is 1. The van der Waals surface area contributed by atoms with E-state index >= 15 is 0 Å². The number of hydrogen-bond acceptors (Lipinski definition) is 3. The van der Waals surface area contributed by atoms with Crippen LogP contribution < -0.4 is 4.74 Å². The molecule has 1 aromatic carbocycles. The molecule has 0 amide bonds. The number of benzene rings is 1. The second kappa shape index (κ2) is 8.05. The summed E-state index contributed by atoms with van der Waals surface area (Å²) in [5.74, 6) is 0.993. The predicted octanol–water partition coefficient (Wildman–Crippen LogP) is 3.78. The van der Waals surface area contributed by atoms with E-state index in [9.17, 15) is 4.79 Å². The normalized spacial score (nSPS) is 11.4. The lowest BCUT2D eigenvalue weighted by Gasteiger charge is -2.30. The summed E-state index contributed by atoms with van der Waals surface area (Å²) in [6.45, 7) is 12.2. The van der Waals surface area contributed by atoms with Crippen LogP contribution in [0.3, 0.4) is 0 Å². The van der Waals surface area contributed by atoms with Crippen molar-refractivity contribution in [1.82, 2.24) is 4.90 Å². The fourth-order valence-corrected chi connectivity index (χ4v) is 2.32. The van der Waals surface area contributed by atoms with Crippen molar-refractivity contribution in [3.63, 3.8) is 0 Å². The van der Waals surface area contributed by atoms with Crippen molar-refractivity contribution in [3.8, 4) is 5.75 Å². The molecule has 0 fully saturated rings. The highest BCUT2D eigenvalue weighted by Crippen LogP contribution is 2.14. The lowest BCUT2D eigenvalue weighted by atomic mass is 10.1. The summed E-state index contributed by atoms with van der Waals surface area (Å²) < 4.78 is 5.75. The standard InChI is InChI=1S/C17H27NO2/c1-6-17(19)15-7-9-16(10-8-15)20-12-11-18(13(2)3)14(4)5/h7-10,13-14H,6,11-12H2,1-5H3. The molecule has 0 aliphatic rings. The fraction of sp³-hybridized carbons (Fsp3) is 0.588. The molecule has 0 unspecified atom stereocenters. The van der Waals surface area contributed by atoms with Gasteiger partial charge in [0, 0.05) is 30.6 Å². The van der Waals surface area contributed by atoms with Crippen molar-refractivity contribution >= 4 is 5.78 Å². The summed E-state index contributed by atoms with van der Waals surface area (Å²) in [5, 5.41) is 0. The Kier molecular flexibility index (Phi) is 6.73. The van der Waals surface area contributed by atoms with Crippen LogP contribution >= 0.6 is 0 Å². The third-order valence-corrected chi connectivity index (χ3v) is 3.44. The molecule has 1 rings (SSSR count). The van der Waals surface area contributed by atoms with Crippen LogP contribution in [-0.4, -0.2) is 35.9 Å². The molecule has 0 saturated heterocycles. The molecule has 0 atom stereocenters. The molecule has 0 spiro atoms. The van der Waals surface area contributed by atoms with Crippen LogP contribution in [0, 0.1) is 0 Å². The molecule has 0 saturated carbocycles. The summed E-state index contributed by atoms with van der Waals surface area (Å²) >= 11 is 0. The van der Waals surface area contributed by atoms with Crippen LogP contribution in [0.5, 0.6) is 5.75 Å². The zero-order valence-corrected chi connectivity index (χ0v) is 13.3. The molecule has 0 radical (unpaired) electrons. The van der Waals surface area contributed by atoms with Gasteiger partial charge in [-0.05, 0) is 52.0 Å². The summed E-state index contributed by atoms with van der Waals surface area (Å²) in [4.78, 5) is 13.9. The Bertz CT molecular complexity index is 402. The average Bonchev–Trinajstić information content (AvgIpc) is 2.42. The Hall–Kier alpha value is -1.35. The van der Waals surface area contributed by atoms with Gasteiger partial charge in [-0.1, -0.05) is 6.92 Å². The van der Waals surface area contributed by atoms with Gasteiger partial charge in [-0.25, -0.2) is 0 Å². The van der Waals surface area contributed by atoms with Gasteiger partial charge in [0.05, 0.1) is 0 Å². The third kappa shape index (κ3) is 4.97. The lowest BCUT2D eigenvalue weighted by molar-refractivity contribution is 0.0988. The largest absolute Gasteiger partial charge is 0.492 e. The third-order valence-electron chi connectivity index (χ3n) is 3.44. The van der Waals surface area contributed by atoms with Gasteiger partial charge >= 0.3 is 0 Å². The van der Waals surface area contributed by atoms with Gasteiger partial charge in [0.2, 0.25) is 0 Å². The van der Waals surface area contributed by atoms with E-state index < -0.39 is 0 Å². The molecule has 1 aromatic rings.